The summed E-state index contributed by atoms with van der Waals surface area (Å²) in [6, 6.07) is 5.68. The highest BCUT2D eigenvalue weighted by atomic mass is 19.4. The predicted molar refractivity (Wildman–Crippen MR) is 96.1 cm³/mol. The lowest BCUT2D eigenvalue weighted by Gasteiger charge is -2.28. The molecule has 9 heteroatoms. The molecular formula is C20H18F3NO5. The first-order valence-corrected chi connectivity index (χ1v) is 8.69. The van der Waals surface area contributed by atoms with Crippen molar-refractivity contribution >= 4 is 5.97 Å². The minimum absolute atomic E-state index is 0.0137. The Kier molecular flexibility index (Phi) is 5.16. The van der Waals surface area contributed by atoms with Gasteiger partial charge in [-0.15, -0.1) is 0 Å². The fourth-order valence-corrected chi connectivity index (χ4v) is 3.12. The quantitative estimate of drug-likeness (QED) is 0.779. The molecule has 6 nitrogen and oxygen atoms in total. The maximum absolute atomic E-state index is 13.2. The Morgan fingerprint density at radius 2 is 1.93 bits per heavy atom. The van der Waals surface area contributed by atoms with Gasteiger partial charge < -0.3 is 19.6 Å². The first kappa shape index (κ1) is 20.5. The zero-order valence-electron chi connectivity index (χ0n) is 15.8. The van der Waals surface area contributed by atoms with Crippen molar-refractivity contribution in [1.82, 2.24) is 0 Å². The number of hydrogen-bond donors (Lipinski definition) is 1. The second-order valence-electron chi connectivity index (χ2n) is 6.81. The van der Waals surface area contributed by atoms with Crippen LogP contribution in [0.3, 0.4) is 0 Å². The zero-order valence-corrected chi connectivity index (χ0v) is 15.8. The summed E-state index contributed by atoms with van der Waals surface area (Å²) in [6.45, 7) is 4.71. The van der Waals surface area contributed by atoms with Crippen LogP contribution in [0.4, 0.5) is 13.2 Å². The largest absolute Gasteiger partial charge is 0.459 e. The highest BCUT2D eigenvalue weighted by Gasteiger charge is 2.40. The van der Waals surface area contributed by atoms with E-state index >= 15 is 0 Å². The van der Waals surface area contributed by atoms with Crippen molar-refractivity contribution in [2.75, 3.05) is 0 Å². The van der Waals surface area contributed by atoms with Crippen molar-refractivity contribution in [3.05, 3.63) is 74.7 Å². The van der Waals surface area contributed by atoms with Crippen molar-refractivity contribution < 1.29 is 31.9 Å². The maximum atomic E-state index is 13.2. The van der Waals surface area contributed by atoms with Crippen LogP contribution in [0.5, 0.6) is 5.75 Å². The van der Waals surface area contributed by atoms with Gasteiger partial charge in [0.2, 0.25) is 5.88 Å². The van der Waals surface area contributed by atoms with Gasteiger partial charge in [-0.3, -0.25) is 0 Å². The van der Waals surface area contributed by atoms with Gasteiger partial charge in [0.05, 0.1) is 23.1 Å². The van der Waals surface area contributed by atoms with Gasteiger partial charge >= 0.3 is 17.8 Å². The Bertz CT molecular complexity index is 1050. The van der Waals surface area contributed by atoms with Gasteiger partial charge in [-0.25, -0.2) is 9.59 Å². The van der Waals surface area contributed by atoms with Gasteiger partial charge in [0.25, 0.3) is 0 Å². The number of halogens is 3. The molecule has 3 rings (SSSR count). The molecule has 1 aliphatic heterocycles. The van der Waals surface area contributed by atoms with Crippen LogP contribution in [0, 0.1) is 6.92 Å². The van der Waals surface area contributed by atoms with Gasteiger partial charge in [-0.1, -0.05) is 18.2 Å². The second-order valence-corrected chi connectivity index (χ2v) is 6.81. The minimum Gasteiger partial charge on any atom is -0.459 e. The van der Waals surface area contributed by atoms with Crippen LogP contribution in [0.1, 0.15) is 42.2 Å². The summed E-state index contributed by atoms with van der Waals surface area (Å²) >= 11 is 0. The first-order valence-electron chi connectivity index (χ1n) is 8.69. The summed E-state index contributed by atoms with van der Waals surface area (Å²) in [5.41, 5.74) is 3.79. The van der Waals surface area contributed by atoms with Crippen LogP contribution < -0.4 is 16.1 Å². The molecule has 0 saturated carbocycles. The lowest BCUT2D eigenvalue weighted by Crippen LogP contribution is -2.32. The molecule has 1 atom stereocenters. The van der Waals surface area contributed by atoms with Crippen molar-refractivity contribution in [2.24, 2.45) is 5.73 Å². The molecule has 29 heavy (non-hydrogen) atoms. The first-order chi connectivity index (χ1) is 13.5. The van der Waals surface area contributed by atoms with E-state index in [0.717, 1.165) is 12.1 Å². The maximum Gasteiger partial charge on any atom is 0.416 e. The summed E-state index contributed by atoms with van der Waals surface area (Å²) in [4.78, 5) is 25.2. The molecule has 2 N–H and O–H groups in total. The molecule has 1 aromatic heterocycles. The van der Waals surface area contributed by atoms with Crippen molar-refractivity contribution in [3.8, 4) is 5.75 Å². The Labute approximate surface area is 163 Å². The van der Waals surface area contributed by atoms with Gasteiger partial charge in [-0.05, 0) is 32.4 Å². The number of ether oxygens (including phenoxy) is 2. The molecule has 154 valence electrons. The van der Waals surface area contributed by atoms with E-state index in [0.29, 0.717) is 0 Å². The lowest BCUT2D eigenvalue weighted by molar-refractivity contribution is -0.143. The second kappa shape index (κ2) is 7.31. The predicted octanol–water partition coefficient (Wildman–Crippen LogP) is 3.61. The smallest absolute Gasteiger partial charge is 0.416 e. The van der Waals surface area contributed by atoms with E-state index in [-0.39, 0.29) is 34.1 Å². The molecule has 0 aliphatic carbocycles. The van der Waals surface area contributed by atoms with Crippen LogP contribution in [-0.2, 0) is 15.7 Å². The van der Waals surface area contributed by atoms with Crippen LogP contribution in [0.15, 0.2) is 51.0 Å². The van der Waals surface area contributed by atoms with Gasteiger partial charge in [0, 0.05) is 6.07 Å². The van der Waals surface area contributed by atoms with Gasteiger partial charge in [0.1, 0.15) is 17.1 Å². The average molecular weight is 409 g/mol. The molecule has 0 amide bonds. The molecule has 1 aromatic carbocycles. The van der Waals surface area contributed by atoms with E-state index in [1.807, 2.05) is 0 Å². The number of hydrogen-bond acceptors (Lipinski definition) is 6. The Hall–Kier alpha value is -3.23. The standard InChI is InChI=1S/C20H18F3NO5/c1-9(2)27-19(26)16-14(11-5-4-6-12(8-11)20(21,22)23)15-13(29-17(16)24)7-10(3)28-18(15)25/h4-9,14H,24H2,1-3H3/t14-/m1/s1. The fraction of sp³-hybridized carbons (Fsp3) is 0.300. The number of aryl methyl sites for hydroxylation is 1. The van der Waals surface area contributed by atoms with Gasteiger partial charge in [-0.2, -0.15) is 13.2 Å². The van der Waals surface area contributed by atoms with E-state index in [1.54, 1.807) is 13.8 Å². The summed E-state index contributed by atoms with van der Waals surface area (Å²) in [7, 11) is 0. The van der Waals surface area contributed by atoms with E-state index in [1.165, 1.54) is 25.1 Å². The van der Waals surface area contributed by atoms with E-state index in [9.17, 15) is 22.8 Å². The number of esters is 1. The molecule has 0 fully saturated rings. The summed E-state index contributed by atoms with van der Waals surface area (Å²) < 4.78 is 55.4. The third-order valence-electron chi connectivity index (χ3n) is 4.25. The Morgan fingerprint density at radius 3 is 2.55 bits per heavy atom. The molecule has 2 heterocycles. The number of rotatable bonds is 3. The minimum atomic E-state index is -4.62. The Morgan fingerprint density at radius 1 is 1.24 bits per heavy atom. The highest BCUT2D eigenvalue weighted by molar-refractivity contribution is 5.92. The number of fused-ring (bicyclic) bond motifs is 1. The van der Waals surface area contributed by atoms with Gasteiger partial charge in [0.15, 0.2) is 0 Å². The van der Waals surface area contributed by atoms with Crippen molar-refractivity contribution in [1.29, 1.82) is 0 Å². The third kappa shape index (κ3) is 3.98. The van der Waals surface area contributed by atoms with Crippen LogP contribution in [0.25, 0.3) is 0 Å². The SMILES string of the molecule is Cc1cc2c(c(=O)o1)[C@@H](c1cccc(C(F)(F)F)c1)C(C(=O)OC(C)C)=C(N)O2. The summed E-state index contributed by atoms with van der Waals surface area (Å²) in [5.74, 6) is -2.26. The van der Waals surface area contributed by atoms with Crippen molar-refractivity contribution in [2.45, 2.75) is 39.0 Å². The fourth-order valence-electron chi connectivity index (χ4n) is 3.12. The number of nitrogens with two attached hydrogens (primary N) is 1. The summed E-state index contributed by atoms with van der Waals surface area (Å²) in [5, 5.41) is 0. The molecule has 0 spiro atoms. The molecule has 1 aliphatic rings. The van der Waals surface area contributed by atoms with E-state index in [4.69, 9.17) is 19.6 Å². The van der Waals surface area contributed by atoms with Crippen LogP contribution >= 0.6 is 0 Å². The molecule has 0 unspecified atom stereocenters. The topological polar surface area (TPSA) is 91.8 Å². The normalized spacial score (nSPS) is 16.4. The van der Waals surface area contributed by atoms with Crippen LogP contribution in [0.2, 0.25) is 0 Å². The molecule has 0 radical (unpaired) electrons. The summed E-state index contributed by atoms with van der Waals surface area (Å²) in [6.07, 6.45) is -5.14. The number of carbonyl (C=O) groups is 1. The number of carbonyl (C=O) groups excluding carboxylic acids is 1. The zero-order chi connectivity index (χ0) is 21.5. The number of benzene rings is 1. The molecule has 2 aromatic rings. The monoisotopic (exact) mass is 409 g/mol. The van der Waals surface area contributed by atoms with E-state index in [2.05, 4.69) is 0 Å². The lowest BCUT2D eigenvalue weighted by atomic mass is 9.83. The molecule has 0 saturated heterocycles. The number of alkyl halides is 3. The highest BCUT2D eigenvalue weighted by Crippen LogP contribution is 2.42. The van der Waals surface area contributed by atoms with E-state index < -0.39 is 35.4 Å². The molecule has 0 bridgehead atoms. The third-order valence-corrected chi connectivity index (χ3v) is 4.25. The average Bonchev–Trinajstić information content (AvgIpc) is 2.58. The Balaban J connectivity index is 2.27. The molecular weight excluding hydrogens is 391 g/mol. The van der Waals surface area contributed by atoms with Crippen molar-refractivity contribution in [3.63, 3.8) is 0 Å². The van der Waals surface area contributed by atoms with Crippen LogP contribution in [-0.4, -0.2) is 12.1 Å².